The molecule has 2 N–H and O–H groups in total. The van der Waals surface area contributed by atoms with Crippen LogP contribution < -0.4 is 14.8 Å². The number of carboxylic acid groups (broad SMARTS) is 1. The van der Waals surface area contributed by atoms with Crippen molar-refractivity contribution < 1.29 is 32.5 Å². The number of aromatic nitrogens is 4. The number of sulfonamides is 1. The van der Waals surface area contributed by atoms with Crippen molar-refractivity contribution in [1.29, 1.82) is 0 Å². The van der Waals surface area contributed by atoms with Crippen LogP contribution in [0, 0.1) is 33.1 Å². The van der Waals surface area contributed by atoms with E-state index in [4.69, 9.17) is 19.2 Å². The van der Waals surface area contributed by atoms with Crippen LogP contribution in [0.5, 0.6) is 11.8 Å². The van der Waals surface area contributed by atoms with E-state index in [1.54, 1.807) is 26.8 Å². The normalized spacial score (nSPS) is 19.6. The van der Waals surface area contributed by atoms with E-state index in [-0.39, 0.29) is 23.9 Å². The highest BCUT2D eigenvalue weighted by Crippen LogP contribution is 2.45. The SMILES string of the molecule is Cc1ccc([C@H](c2ccn3c(C)nnc3c2C)C(C)(C)C(=O)O)cc1CN1CC2(CCOCC2)Oc2nc(OCCN3CCNCC3)c(C)cc2S1(=O)=O. The molecule has 4 aromatic rings. The van der Waals surface area contributed by atoms with Crippen molar-refractivity contribution in [2.75, 3.05) is 59.1 Å². The molecule has 0 bridgehead atoms. The number of aliphatic carboxylic acids is 1. The molecule has 3 aliphatic rings. The second-order valence-corrected chi connectivity index (χ2v) is 17.4. The van der Waals surface area contributed by atoms with E-state index in [2.05, 4.69) is 20.4 Å². The fourth-order valence-corrected chi connectivity index (χ4v) is 9.58. The van der Waals surface area contributed by atoms with Gasteiger partial charge in [-0.3, -0.25) is 14.1 Å². The van der Waals surface area contributed by atoms with Gasteiger partial charge in [0.15, 0.2) is 5.65 Å². The highest BCUT2D eigenvalue weighted by molar-refractivity contribution is 7.89. The van der Waals surface area contributed by atoms with Gasteiger partial charge in [0, 0.05) is 69.8 Å². The number of piperazine rings is 1. The molecular formula is C39H51N7O7S. The number of nitrogens with one attached hydrogen (secondary N) is 1. The van der Waals surface area contributed by atoms with Crippen LogP contribution in [0.1, 0.15) is 71.8 Å². The van der Waals surface area contributed by atoms with Gasteiger partial charge in [0.2, 0.25) is 21.8 Å². The van der Waals surface area contributed by atoms with Crippen molar-refractivity contribution in [2.45, 2.75) is 77.3 Å². The van der Waals surface area contributed by atoms with Crippen LogP contribution in [0.15, 0.2) is 41.4 Å². The minimum atomic E-state index is -4.12. The fraction of sp³-hybridized carbons (Fsp3) is 0.538. The van der Waals surface area contributed by atoms with E-state index >= 15 is 0 Å². The Labute approximate surface area is 316 Å². The van der Waals surface area contributed by atoms with Crippen LogP contribution in [0.25, 0.3) is 5.65 Å². The van der Waals surface area contributed by atoms with E-state index in [0.717, 1.165) is 66.4 Å². The topological polar surface area (TPSA) is 161 Å². The van der Waals surface area contributed by atoms with Crippen molar-refractivity contribution in [2.24, 2.45) is 5.41 Å². The lowest BCUT2D eigenvalue weighted by molar-refractivity contribution is -0.147. The largest absolute Gasteiger partial charge is 0.481 e. The summed E-state index contributed by atoms with van der Waals surface area (Å²) in [5, 5.41) is 22.5. The molecule has 0 saturated carbocycles. The third-order valence-corrected chi connectivity index (χ3v) is 13.2. The maximum Gasteiger partial charge on any atom is 0.310 e. The Morgan fingerprint density at radius 2 is 1.80 bits per heavy atom. The zero-order valence-electron chi connectivity index (χ0n) is 32.0. The van der Waals surface area contributed by atoms with Gasteiger partial charge in [-0.05, 0) is 81.5 Å². The van der Waals surface area contributed by atoms with Crippen LogP contribution in [0.2, 0.25) is 0 Å². The lowest BCUT2D eigenvalue weighted by Crippen LogP contribution is -2.50. The lowest BCUT2D eigenvalue weighted by atomic mass is 9.70. The molecule has 0 amide bonds. The molecule has 6 heterocycles. The summed E-state index contributed by atoms with van der Waals surface area (Å²) in [7, 11) is -4.12. The molecule has 290 valence electrons. The van der Waals surface area contributed by atoms with Gasteiger partial charge in [-0.15, -0.1) is 10.2 Å². The zero-order chi connectivity index (χ0) is 38.4. The summed E-state index contributed by atoms with van der Waals surface area (Å²) in [5.41, 5.74) is 3.24. The maximum atomic E-state index is 14.7. The summed E-state index contributed by atoms with van der Waals surface area (Å²) in [4.78, 5) is 19.9. The van der Waals surface area contributed by atoms with Crippen LogP contribution >= 0.6 is 0 Å². The average Bonchev–Trinajstić information content (AvgIpc) is 3.49. The number of benzene rings is 1. The van der Waals surface area contributed by atoms with Gasteiger partial charge >= 0.3 is 5.97 Å². The molecule has 0 radical (unpaired) electrons. The molecule has 14 nitrogen and oxygen atoms in total. The molecule has 1 aromatic carbocycles. The molecule has 2 saturated heterocycles. The van der Waals surface area contributed by atoms with Gasteiger partial charge in [-0.25, -0.2) is 8.42 Å². The smallest absolute Gasteiger partial charge is 0.310 e. The minimum absolute atomic E-state index is 0.00374. The van der Waals surface area contributed by atoms with Gasteiger partial charge < -0.3 is 24.6 Å². The van der Waals surface area contributed by atoms with Gasteiger partial charge in [0.05, 0.1) is 25.2 Å². The Morgan fingerprint density at radius 1 is 1.06 bits per heavy atom. The highest BCUT2D eigenvalue weighted by atomic mass is 32.2. The summed E-state index contributed by atoms with van der Waals surface area (Å²) in [6.45, 7) is 16.9. The molecule has 15 heteroatoms. The Bertz CT molecular complexity index is 2160. The number of carbonyl (C=O) groups is 1. The van der Waals surface area contributed by atoms with E-state index in [1.807, 2.05) is 55.6 Å². The summed E-state index contributed by atoms with van der Waals surface area (Å²) in [6, 6.07) is 9.40. The molecule has 1 spiro atoms. The first-order chi connectivity index (χ1) is 25.7. The molecule has 2 fully saturated rings. The number of carboxylic acids is 1. The van der Waals surface area contributed by atoms with Gasteiger partial charge in [0.1, 0.15) is 22.9 Å². The quantitative estimate of drug-likeness (QED) is 0.239. The molecule has 7 rings (SSSR count). The van der Waals surface area contributed by atoms with Crippen molar-refractivity contribution in [3.63, 3.8) is 0 Å². The number of hydrogen-bond acceptors (Lipinski definition) is 11. The zero-order valence-corrected chi connectivity index (χ0v) is 32.8. The Morgan fingerprint density at radius 3 is 2.52 bits per heavy atom. The first-order valence-corrected chi connectivity index (χ1v) is 20.1. The molecule has 0 aliphatic carbocycles. The van der Waals surface area contributed by atoms with Crippen LogP contribution in [-0.4, -0.2) is 113 Å². The van der Waals surface area contributed by atoms with E-state index < -0.39 is 32.9 Å². The van der Waals surface area contributed by atoms with Crippen molar-refractivity contribution in [3.8, 4) is 11.8 Å². The van der Waals surface area contributed by atoms with Crippen LogP contribution in [0.3, 0.4) is 0 Å². The Hall–Kier alpha value is -4.15. The van der Waals surface area contributed by atoms with Gasteiger partial charge in [-0.1, -0.05) is 18.2 Å². The Kier molecular flexibility index (Phi) is 10.5. The number of rotatable bonds is 10. The molecule has 3 aromatic heterocycles. The maximum absolute atomic E-state index is 14.7. The summed E-state index contributed by atoms with van der Waals surface area (Å²) >= 11 is 0. The van der Waals surface area contributed by atoms with Crippen molar-refractivity contribution in [3.05, 3.63) is 75.7 Å². The number of hydrogen-bond donors (Lipinski definition) is 2. The van der Waals surface area contributed by atoms with Crippen molar-refractivity contribution in [1.82, 2.24) is 34.1 Å². The third-order valence-electron chi connectivity index (χ3n) is 11.4. The van der Waals surface area contributed by atoms with Crippen molar-refractivity contribution >= 4 is 21.6 Å². The Balaban J connectivity index is 1.25. The van der Waals surface area contributed by atoms with E-state index in [1.165, 1.54) is 4.31 Å². The molecule has 54 heavy (non-hydrogen) atoms. The summed E-state index contributed by atoms with van der Waals surface area (Å²) in [5.74, 6) is -0.393. The standard InChI is InChI=1S/C39H51N7O7S/c1-25-7-8-29(33(38(5,6)37(47)48)31-9-14-46-28(4)42-43-34(46)27(31)3)22-30(25)23-45-24-39(10-18-51-19-11-39)53-36-32(54(45,49)50)21-26(2)35(41-36)52-20-17-44-15-12-40-13-16-44/h7-9,14,21-22,33,40H,10-13,15-20,23-24H2,1-6H3,(H,47,48)/t33-/m1/s1. The summed E-state index contributed by atoms with van der Waals surface area (Å²) in [6.07, 6.45) is 2.86. The number of fused-ring (bicyclic) bond motifs is 2. The van der Waals surface area contributed by atoms with Crippen LogP contribution in [0.4, 0.5) is 0 Å². The first-order valence-electron chi connectivity index (χ1n) is 18.7. The summed E-state index contributed by atoms with van der Waals surface area (Å²) < 4.78 is 51.4. The second kappa shape index (κ2) is 14.8. The second-order valence-electron chi connectivity index (χ2n) is 15.5. The van der Waals surface area contributed by atoms with E-state index in [9.17, 15) is 18.3 Å². The highest BCUT2D eigenvalue weighted by Gasteiger charge is 2.46. The molecule has 1 atom stereocenters. The predicted molar refractivity (Wildman–Crippen MR) is 202 cm³/mol. The molecule has 3 aliphatic heterocycles. The predicted octanol–water partition coefficient (Wildman–Crippen LogP) is 4.02. The van der Waals surface area contributed by atoms with Gasteiger partial charge in [-0.2, -0.15) is 9.29 Å². The number of pyridine rings is 2. The monoisotopic (exact) mass is 761 g/mol. The van der Waals surface area contributed by atoms with Crippen LogP contribution in [-0.2, 0) is 26.1 Å². The van der Waals surface area contributed by atoms with Gasteiger partial charge in [0.25, 0.3) is 0 Å². The molecular weight excluding hydrogens is 711 g/mol. The van der Waals surface area contributed by atoms with E-state index in [0.29, 0.717) is 49.8 Å². The average molecular weight is 762 g/mol. The first kappa shape index (κ1) is 38.1. The molecule has 0 unspecified atom stereocenters. The minimum Gasteiger partial charge on any atom is -0.481 e. The lowest BCUT2D eigenvalue weighted by Gasteiger charge is -2.38. The third kappa shape index (κ3) is 7.19. The number of nitrogens with zero attached hydrogens (tertiary/aromatic N) is 6. The number of ether oxygens (including phenoxy) is 3. The fourth-order valence-electron chi connectivity index (χ4n) is 7.96. The number of aryl methyl sites for hydroxylation is 4.